The molecule has 1 atom stereocenters. The van der Waals surface area contributed by atoms with Gasteiger partial charge < -0.3 is 11.1 Å². The van der Waals surface area contributed by atoms with Gasteiger partial charge in [-0.05, 0) is 44.0 Å². The third-order valence-electron chi connectivity index (χ3n) is 3.96. The lowest BCUT2D eigenvalue weighted by Crippen LogP contribution is -2.28. The first-order chi connectivity index (χ1) is 11.9. The average molecular weight is 377 g/mol. The molecule has 0 saturated carbocycles. The number of rotatable bonds is 6. The van der Waals surface area contributed by atoms with Crippen molar-refractivity contribution in [3.63, 3.8) is 0 Å². The van der Waals surface area contributed by atoms with Gasteiger partial charge in [0.05, 0.1) is 17.1 Å². The van der Waals surface area contributed by atoms with Crippen LogP contribution in [0.3, 0.4) is 0 Å². The summed E-state index contributed by atoms with van der Waals surface area (Å²) < 4.78 is 1.94. The number of aromatic nitrogens is 2. The number of amides is 1. The summed E-state index contributed by atoms with van der Waals surface area (Å²) in [6.45, 7) is 5.12. The molecule has 25 heavy (non-hydrogen) atoms. The summed E-state index contributed by atoms with van der Waals surface area (Å²) in [5, 5.41) is 9.26. The standard InChI is InChI=1S/C18H21ClN4OS/c1-11(20)7-8-21-17(24)16-9-15-12(2)22-23(18(15)25-16)10-13-3-5-14(19)6-4-13/h3-6,9,11H,7-8,10,20H2,1-2H3,(H,21,24). The molecule has 0 fully saturated rings. The van der Waals surface area contributed by atoms with Gasteiger partial charge in [0.2, 0.25) is 0 Å². The lowest BCUT2D eigenvalue weighted by atomic mass is 10.2. The lowest BCUT2D eigenvalue weighted by molar-refractivity contribution is 0.0957. The van der Waals surface area contributed by atoms with Crippen molar-refractivity contribution in [2.75, 3.05) is 6.54 Å². The normalized spacial score (nSPS) is 12.5. The summed E-state index contributed by atoms with van der Waals surface area (Å²) in [4.78, 5) is 14.0. The van der Waals surface area contributed by atoms with Crippen molar-refractivity contribution >= 4 is 39.1 Å². The fraction of sp³-hybridized carbons (Fsp3) is 0.333. The summed E-state index contributed by atoms with van der Waals surface area (Å²) in [5.74, 6) is -0.0562. The van der Waals surface area contributed by atoms with E-state index in [0.717, 1.165) is 27.9 Å². The maximum atomic E-state index is 12.3. The summed E-state index contributed by atoms with van der Waals surface area (Å²) >= 11 is 7.41. The molecule has 0 spiro atoms. The topological polar surface area (TPSA) is 72.9 Å². The smallest absolute Gasteiger partial charge is 0.261 e. The second-order valence-electron chi connectivity index (χ2n) is 6.22. The van der Waals surface area contributed by atoms with Crippen LogP contribution in [0, 0.1) is 6.92 Å². The number of carbonyl (C=O) groups is 1. The molecular weight excluding hydrogens is 356 g/mol. The number of nitrogens with zero attached hydrogens (tertiary/aromatic N) is 2. The number of hydrogen-bond donors (Lipinski definition) is 2. The Kier molecular flexibility index (Phi) is 5.42. The lowest BCUT2D eigenvalue weighted by Gasteiger charge is -2.06. The van der Waals surface area contributed by atoms with Crippen LogP contribution in [0.4, 0.5) is 0 Å². The fourth-order valence-corrected chi connectivity index (χ4v) is 3.80. The third-order valence-corrected chi connectivity index (χ3v) is 5.36. The van der Waals surface area contributed by atoms with Crippen molar-refractivity contribution in [1.82, 2.24) is 15.1 Å². The highest BCUT2D eigenvalue weighted by molar-refractivity contribution is 7.20. The number of benzene rings is 1. The van der Waals surface area contributed by atoms with E-state index in [1.54, 1.807) is 0 Å². The minimum atomic E-state index is -0.0562. The Balaban J connectivity index is 1.80. The monoisotopic (exact) mass is 376 g/mol. The molecule has 2 heterocycles. The molecule has 5 nitrogen and oxygen atoms in total. The van der Waals surface area contributed by atoms with Crippen LogP contribution in [0.5, 0.6) is 0 Å². The maximum absolute atomic E-state index is 12.3. The van der Waals surface area contributed by atoms with Gasteiger partial charge in [0.15, 0.2) is 0 Å². The zero-order valence-electron chi connectivity index (χ0n) is 14.3. The highest BCUT2D eigenvalue weighted by Crippen LogP contribution is 2.29. The minimum Gasteiger partial charge on any atom is -0.351 e. The van der Waals surface area contributed by atoms with E-state index in [4.69, 9.17) is 17.3 Å². The number of carbonyl (C=O) groups excluding carboxylic acids is 1. The fourth-order valence-electron chi connectivity index (χ4n) is 2.59. The minimum absolute atomic E-state index is 0.0562. The molecule has 0 aliphatic rings. The molecule has 1 unspecified atom stereocenters. The van der Waals surface area contributed by atoms with E-state index in [0.29, 0.717) is 23.0 Å². The third kappa shape index (κ3) is 4.21. The summed E-state index contributed by atoms with van der Waals surface area (Å²) in [6, 6.07) is 9.72. The number of halogens is 1. The zero-order chi connectivity index (χ0) is 18.0. The van der Waals surface area contributed by atoms with Gasteiger partial charge in [0.1, 0.15) is 4.83 Å². The molecule has 0 bridgehead atoms. The molecule has 7 heteroatoms. The van der Waals surface area contributed by atoms with Crippen molar-refractivity contribution < 1.29 is 4.79 Å². The Morgan fingerprint density at radius 2 is 2.12 bits per heavy atom. The Labute approximate surface area is 155 Å². The molecule has 3 N–H and O–H groups in total. The first-order valence-corrected chi connectivity index (χ1v) is 9.38. The molecule has 0 aliphatic heterocycles. The van der Waals surface area contributed by atoms with Crippen LogP contribution < -0.4 is 11.1 Å². The molecule has 0 saturated heterocycles. The Morgan fingerprint density at radius 1 is 1.40 bits per heavy atom. The Morgan fingerprint density at radius 3 is 2.80 bits per heavy atom. The van der Waals surface area contributed by atoms with Gasteiger partial charge in [-0.3, -0.25) is 9.48 Å². The molecule has 3 aromatic rings. The number of hydrogen-bond acceptors (Lipinski definition) is 4. The Hall–Kier alpha value is -1.89. The predicted octanol–water partition coefficient (Wildman–Crippen LogP) is 3.58. The SMILES string of the molecule is Cc1nn(Cc2ccc(Cl)cc2)c2sc(C(=O)NCCC(C)N)cc12. The summed E-state index contributed by atoms with van der Waals surface area (Å²) in [5.41, 5.74) is 7.76. The van der Waals surface area contributed by atoms with E-state index in [-0.39, 0.29) is 11.9 Å². The highest BCUT2D eigenvalue weighted by atomic mass is 35.5. The molecule has 3 rings (SSSR count). The zero-order valence-corrected chi connectivity index (χ0v) is 15.8. The molecular formula is C18H21ClN4OS. The maximum Gasteiger partial charge on any atom is 0.261 e. The van der Waals surface area contributed by atoms with Crippen LogP contribution >= 0.6 is 22.9 Å². The average Bonchev–Trinajstić information content (AvgIpc) is 3.11. The van der Waals surface area contributed by atoms with E-state index < -0.39 is 0 Å². The number of fused-ring (bicyclic) bond motifs is 1. The van der Waals surface area contributed by atoms with Crippen molar-refractivity contribution in [2.24, 2.45) is 5.73 Å². The molecule has 2 aromatic heterocycles. The van der Waals surface area contributed by atoms with Gasteiger partial charge >= 0.3 is 0 Å². The van der Waals surface area contributed by atoms with Gasteiger partial charge in [0.25, 0.3) is 5.91 Å². The number of aryl methyl sites for hydroxylation is 1. The van der Waals surface area contributed by atoms with Crippen LogP contribution in [0.1, 0.15) is 34.3 Å². The second kappa shape index (κ2) is 7.56. The Bertz CT molecular complexity index is 883. The van der Waals surface area contributed by atoms with Crippen molar-refractivity contribution in [3.8, 4) is 0 Å². The van der Waals surface area contributed by atoms with E-state index in [2.05, 4.69) is 10.4 Å². The van der Waals surface area contributed by atoms with Gasteiger partial charge in [0, 0.05) is 23.0 Å². The first kappa shape index (κ1) is 17.9. The highest BCUT2D eigenvalue weighted by Gasteiger charge is 2.16. The largest absolute Gasteiger partial charge is 0.351 e. The van der Waals surface area contributed by atoms with E-state index in [1.807, 2.05) is 48.9 Å². The van der Waals surface area contributed by atoms with Crippen LogP contribution in [-0.4, -0.2) is 28.3 Å². The van der Waals surface area contributed by atoms with Gasteiger partial charge in [-0.25, -0.2) is 0 Å². The molecule has 1 aromatic carbocycles. The van der Waals surface area contributed by atoms with Crippen LogP contribution in [0.2, 0.25) is 5.02 Å². The number of nitrogens with one attached hydrogen (secondary N) is 1. The second-order valence-corrected chi connectivity index (χ2v) is 7.69. The molecule has 132 valence electrons. The molecule has 0 aliphatic carbocycles. The van der Waals surface area contributed by atoms with Crippen LogP contribution in [0.25, 0.3) is 10.2 Å². The van der Waals surface area contributed by atoms with E-state index in [9.17, 15) is 4.79 Å². The van der Waals surface area contributed by atoms with Crippen molar-refractivity contribution in [2.45, 2.75) is 32.9 Å². The van der Waals surface area contributed by atoms with Crippen LogP contribution in [0.15, 0.2) is 30.3 Å². The van der Waals surface area contributed by atoms with E-state index >= 15 is 0 Å². The number of nitrogens with two attached hydrogens (primary N) is 1. The van der Waals surface area contributed by atoms with Gasteiger partial charge in [-0.1, -0.05) is 23.7 Å². The van der Waals surface area contributed by atoms with Crippen molar-refractivity contribution in [1.29, 1.82) is 0 Å². The predicted molar refractivity (Wildman–Crippen MR) is 104 cm³/mol. The molecule has 1 amide bonds. The summed E-state index contributed by atoms with van der Waals surface area (Å²) in [7, 11) is 0. The van der Waals surface area contributed by atoms with Gasteiger partial charge in [-0.15, -0.1) is 11.3 Å². The van der Waals surface area contributed by atoms with E-state index in [1.165, 1.54) is 11.3 Å². The number of thiophene rings is 1. The van der Waals surface area contributed by atoms with Gasteiger partial charge in [-0.2, -0.15) is 5.10 Å². The molecule has 0 radical (unpaired) electrons. The van der Waals surface area contributed by atoms with Crippen molar-refractivity contribution in [3.05, 3.63) is 51.5 Å². The summed E-state index contributed by atoms with van der Waals surface area (Å²) in [6.07, 6.45) is 0.764. The first-order valence-electron chi connectivity index (χ1n) is 8.19. The quantitative estimate of drug-likeness (QED) is 0.690. The van der Waals surface area contributed by atoms with Crippen LogP contribution in [-0.2, 0) is 6.54 Å².